The Labute approximate surface area is 99.8 Å². The number of anilines is 1. The molecule has 0 heterocycles. The summed E-state index contributed by atoms with van der Waals surface area (Å²) in [5.41, 5.74) is 6.61. The first kappa shape index (κ1) is 12.3. The van der Waals surface area contributed by atoms with Gasteiger partial charge in [0.05, 0.1) is 5.56 Å². The van der Waals surface area contributed by atoms with Crippen molar-refractivity contribution in [2.45, 2.75) is 6.10 Å². The lowest BCUT2D eigenvalue weighted by Crippen LogP contribution is -2.21. The van der Waals surface area contributed by atoms with E-state index in [-0.39, 0.29) is 12.1 Å². The Balaban J connectivity index is 2.64. The van der Waals surface area contributed by atoms with Crippen molar-refractivity contribution in [1.29, 1.82) is 0 Å². The van der Waals surface area contributed by atoms with Crippen LogP contribution in [0.5, 0.6) is 0 Å². The molecule has 0 aliphatic carbocycles. The molecule has 15 heavy (non-hydrogen) atoms. The summed E-state index contributed by atoms with van der Waals surface area (Å²) in [7, 11) is 0. The minimum absolute atomic E-state index is 0.262. The van der Waals surface area contributed by atoms with E-state index in [1.807, 2.05) is 0 Å². The van der Waals surface area contributed by atoms with Crippen LogP contribution in [0.4, 0.5) is 5.69 Å². The summed E-state index contributed by atoms with van der Waals surface area (Å²) in [6.45, 7) is 0. The van der Waals surface area contributed by atoms with Gasteiger partial charge in [-0.2, -0.15) is 25.3 Å². The van der Waals surface area contributed by atoms with E-state index in [0.717, 1.165) is 0 Å². The van der Waals surface area contributed by atoms with Gasteiger partial charge in [0.25, 0.3) is 0 Å². The second-order valence-electron chi connectivity index (χ2n) is 3.01. The first-order valence-corrected chi connectivity index (χ1v) is 5.72. The van der Waals surface area contributed by atoms with Crippen molar-refractivity contribution in [2.75, 3.05) is 17.2 Å². The van der Waals surface area contributed by atoms with Gasteiger partial charge in [0.2, 0.25) is 0 Å². The molecule has 2 N–H and O–H groups in total. The van der Waals surface area contributed by atoms with E-state index in [4.69, 9.17) is 10.5 Å². The third-order valence-corrected chi connectivity index (χ3v) is 2.64. The molecule has 0 fully saturated rings. The molecule has 0 saturated heterocycles. The van der Waals surface area contributed by atoms with E-state index >= 15 is 0 Å². The fourth-order valence-corrected chi connectivity index (χ4v) is 1.58. The van der Waals surface area contributed by atoms with Crippen LogP contribution in [0.2, 0.25) is 0 Å². The Kier molecular flexibility index (Phi) is 4.84. The summed E-state index contributed by atoms with van der Waals surface area (Å²) >= 11 is 8.11. The molecule has 0 radical (unpaired) electrons. The lowest BCUT2D eigenvalue weighted by atomic mass is 10.2. The quantitative estimate of drug-likeness (QED) is 0.428. The molecule has 0 aliphatic rings. The molecule has 1 rings (SSSR count). The number of carbonyl (C=O) groups is 1. The zero-order chi connectivity index (χ0) is 11.3. The molecule has 5 heteroatoms. The summed E-state index contributed by atoms with van der Waals surface area (Å²) in [4.78, 5) is 11.6. The monoisotopic (exact) mass is 243 g/mol. The van der Waals surface area contributed by atoms with Gasteiger partial charge in [-0.15, -0.1) is 0 Å². The van der Waals surface area contributed by atoms with Gasteiger partial charge < -0.3 is 10.5 Å². The average Bonchev–Trinajstić information content (AvgIpc) is 2.26. The minimum Gasteiger partial charge on any atom is -0.457 e. The van der Waals surface area contributed by atoms with Crippen LogP contribution >= 0.6 is 25.3 Å². The maximum absolute atomic E-state index is 11.6. The molecule has 1 aromatic carbocycles. The summed E-state index contributed by atoms with van der Waals surface area (Å²) in [5.74, 6) is 0.553. The van der Waals surface area contributed by atoms with E-state index in [1.54, 1.807) is 24.3 Å². The summed E-state index contributed by atoms with van der Waals surface area (Å²) in [6.07, 6.45) is -0.262. The molecule has 0 aliphatic heterocycles. The molecule has 0 atom stereocenters. The summed E-state index contributed by atoms with van der Waals surface area (Å²) in [5, 5.41) is 0. The smallest absolute Gasteiger partial charge is 0.338 e. The molecule has 0 aromatic heterocycles. The zero-order valence-electron chi connectivity index (χ0n) is 8.09. The Hall–Kier alpha value is -0.810. The number of nitrogens with two attached hydrogens (primary N) is 1. The second-order valence-corrected chi connectivity index (χ2v) is 3.74. The molecule has 0 saturated carbocycles. The molecule has 3 nitrogen and oxygen atoms in total. The van der Waals surface area contributed by atoms with E-state index in [9.17, 15) is 4.79 Å². The van der Waals surface area contributed by atoms with Crippen LogP contribution in [0.3, 0.4) is 0 Å². The number of rotatable bonds is 4. The second kappa shape index (κ2) is 5.92. The molecule has 0 unspecified atom stereocenters. The van der Waals surface area contributed by atoms with Crippen molar-refractivity contribution in [3.63, 3.8) is 0 Å². The molecule has 82 valence electrons. The van der Waals surface area contributed by atoms with Crippen LogP contribution < -0.4 is 5.73 Å². The van der Waals surface area contributed by atoms with Crippen LogP contribution in [-0.4, -0.2) is 23.6 Å². The highest BCUT2D eigenvalue weighted by Crippen LogP contribution is 2.09. The normalized spacial score (nSPS) is 10.3. The topological polar surface area (TPSA) is 52.3 Å². The largest absolute Gasteiger partial charge is 0.457 e. The van der Waals surface area contributed by atoms with Crippen molar-refractivity contribution in [2.24, 2.45) is 0 Å². The number of hydrogen-bond donors (Lipinski definition) is 3. The number of esters is 1. The van der Waals surface area contributed by atoms with E-state index in [2.05, 4.69) is 25.3 Å². The molecule has 0 spiro atoms. The van der Waals surface area contributed by atoms with Gasteiger partial charge in [0.1, 0.15) is 6.10 Å². The lowest BCUT2D eigenvalue weighted by Gasteiger charge is -2.12. The van der Waals surface area contributed by atoms with Crippen LogP contribution in [0, 0.1) is 0 Å². The van der Waals surface area contributed by atoms with Gasteiger partial charge in [-0.25, -0.2) is 4.79 Å². The van der Waals surface area contributed by atoms with Crippen LogP contribution in [0.1, 0.15) is 10.4 Å². The summed E-state index contributed by atoms with van der Waals surface area (Å²) in [6, 6.07) is 6.58. The number of carbonyl (C=O) groups excluding carboxylic acids is 1. The standard InChI is InChI=1S/C10H13NO2S2/c11-8-3-1-7(2-4-8)10(12)13-9(5-14)6-15/h1-4,9,14-15H,5-6,11H2. The van der Waals surface area contributed by atoms with Gasteiger partial charge in [0.15, 0.2) is 0 Å². The van der Waals surface area contributed by atoms with Crippen LogP contribution in [-0.2, 0) is 4.74 Å². The Morgan fingerprint density at radius 2 is 1.80 bits per heavy atom. The van der Waals surface area contributed by atoms with E-state index < -0.39 is 0 Å². The highest BCUT2D eigenvalue weighted by atomic mass is 32.1. The number of thiol groups is 2. The Bertz CT molecular complexity index is 323. The van der Waals surface area contributed by atoms with E-state index in [0.29, 0.717) is 22.8 Å². The highest BCUT2D eigenvalue weighted by molar-refractivity contribution is 7.81. The lowest BCUT2D eigenvalue weighted by molar-refractivity contribution is 0.0395. The van der Waals surface area contributed by atoms with Crippen LogP contribution in [0.25, 0.3) is 0 Å². The van der Waals surface area contributed by atoms with Gasteiger partial charge in [-0.1, -0.05) is 0 Å². The fourth-order valence-electron chi connectivity index (χ4n) is 0.971. The molecule has 1 aromatic rings. The third-order valence-electron chi connectivity index (χ3n) is 1.83. The average molecular weight is 243 g/mol. The highest BCUT2D eigenvalue weighted by Gasteiger charge is 2.12. The van der Waals surface area contributed by atoms with Crippen molar-refractivity contribution in [1.82, 2.24) is 0 Å². The first-order chi connectivity index (χ1) is 7.17. The predicted octanol–water partition coefficient (Wildman–Crippen LogP) is 1.65. The molecular formula is C10H13NO2S2. The van der Waals surface area contributed by atoms with Crippen molar-refractivity contribution in [3.8, 4) is 0 Å². The maximum Gasteiger partial charge on any atom is 0.338 e. The fraction of sp³-hybridized carbons (Fsp3) is 0.300. The van der Waals surface area contributed by atoms with E-state index in [1.165, 1.54) is 0 Å². The zero-order valence-corrected chi connectivity index (χ0v) is 9.88. The van der Waals surface area contributed by atoms with Gasteiger partial charge >= 0.3 is 5.97 Å². The number of nitrogen functional groups attached to an aromatic ring is 1. The molecular weight excluding hydrogens is 230 g/mol. The Morgan fingerprint density at radius 3 is 2.27 bits per heavy atom. The molecule has 0 amide bonds. The maximum atomic E-state index is 11.6. The first-order valence-electron chi connectivity index (χ1n) is 4.45. The van der Waals surface area contributed by atoms with Crippen LogP contribution in [0.15, 0.2) is 24.3 Å². The number of ether oxygens (including phenoxy) is 1. The minimum atomic E-state index is -0.372. The molecule has 0 bridgehead atoms. The van der Waals surface area contributed by atoms with Gasteiger partial charge in [-0.05, 0) is 24.3 Å². The Morgan fingerprint density at radius 1 is 1.27 bits per heavy atom. The van der Waals surface area contributed by atoms with Crippen molar-refractivity contribution >= 4 is 36.9 Å². The van der Waals surface area contributed by atoms with Crippen molar-refractivity contribution < 1.29 is 9.53 Å². The van der Waals surface area contributed by atoms with Gasteiger partial charge in [-0.3, -0.25) is 0 Å². The third kappa shape index (κ3) is 3.68. The summed E-state index contributed by atoms with van der Waals surface area (Å²) < 4.78 is 5.14. The van der Waals surface area contributed by atoms with Gasteiger partial charge in [0, 0.05) is 17.2 Å². The number of benzene rings is 1. The van der Waals surface area contributed by atoms with Crippen molar-refractivity contribution in [3.05, 3.63) is 29.8 Å². The SMILES string of the molecule is Nc1ccc(C(=O)OC(CS)CS)cc1. The predicted molar refractivity (Wildman–Crippen MR) is 67.8 cm³/mol. The number of hydrogen-bond acceptors (Lipinski definition) is 5.